The van der Waals surface area contributed by atoms with Crippen molar-refractivity contribution in [1.82, 2.24) is 9.88 Å². The van der Waals surface area contributed by atoms with Gasteiger partial charge in [0.05, 0.1) is 0 Å². The van der Waals surface area contributed by atoms with E-state index in [0.29, 0.717) is 0 Å². The topological polar surface area (TPSA) is 17.3 Å². The standard InChI is InChI=1S/C7H11N2/c1-9(2)6-7-4-3-5-8-7/h3-5H,6H2,1-2H3/q-1. The van der Waals surface area contributed by atoms with E-state index in [0.717, 1.165) is 12.2 Å². The third-order valence-electron chi connectivity index (χ3n) is 1.09. The molecular weight excluding hydrogens is 112 g/mol. The Kier molecular flexibility index (Phi) is 1.90. The zero-order valence-corrected chi connectivity index (χ0v) is 5.83. The fourth-order valence-electron chi connectivity index (χ4n) is 0.753. The van der Waals surface area contributed by atoms with E-state index in [2.05, 4.69) is 9.88 Å². The van der Waals surface area contributed by atoms with Crippen LogP contribution in [-0.2, 0) is 6.54 Å². The van der Waals surface area contributed by atoms with Crippen molar-refractivity contribution in [2.75, 3.05) is 14.1 Å². The molecule has 0 radical (unpaired) electrons. The van der Waals surface area contributed by atoms with Crippen molar-refractivity contribution in [3.8, 4) is 0 Å². The van der Waals surface area contributed by atoms with Crippen molar-refractivity contribution >= 4 is 0 Å². The summed E-state index contributed by atoms with van der Waals surface area (Å²) in [6.07, 6.45) is 1.82. The van der Waals surface area contributed by atoms with Crippen LogP contribution in [0.3, 0.4) is 0 Å². The Morgan fingerprint density at radius 1 is 1.56 bits per heavy atom. The molecule has 0 amide bonds. The molecule has 1 aromatic rings. The molecule has 1 rings (SSSR count). The van der Waals surface area contributed by atoms with Gasteiger partial charge in [0, 0.05) is 6.54 Å². The van der Waals surface area contributed by atoms with Crippen LogP contribution in [0.1, 0.15) is 5.69 Å². The van der Waals surface area contributed by atoms with E-state index in [4.69, 9.17) is 0 Å². The van der Waals surface area contributed by atoms with Crippen LogP contribution in [-0.4, -0.2) is 19.0 Å². The van der Waals surface area contributed by atoms with Gasteiger partial charge < -0.3 is 9.88 Å². The van der Waals surface area contributed by atoms with Crippen LogP contribution < -0.4 is 4.98 Å². The Hall–Kier alpha value is -0.760. The van der Waals surface area contributed by atoms with Crippen molar-refractivity contribution in [3.05, 3.63) is 24.0 Å². The lowest BCUT2D eigenvalue weighted by Gasteiger charge is -2.12. The first-order chi connectivity index (χ1) is 4.29. The first-order valence-electron chi connectivity index (χ1n) is 3.00. The van der Waals surface area contributed by atoms with Gasteiger partial charge in [0.2, 0.25) is 0 Å². The van der Waals surface area contributed by atoms with Gasteiger partial charge in [-0.15, -0.1) is 5.69 Å². The fourth-order valence-corrected chi connectivity index (χ4v) is 0.753. The van der Waals surface area contributed by atoms with Crippen molar-refractivity contribution in [3.63, 3.8) is 0 Å². The maximum absolute atomic E-state index is 4.11. The second kappa shape index (κ2) is 2.69. The van der Waals surface area contributed by atoms with Crippen LogP contribution >= 0.6 is 0 Å². The summed E-state index contributed by atoms with van der Waals surface area (Å²) in [4.78, 5) is 6.21. The molecule has 0 fully saturated rings. The molecule has 0 N–H and O–H groups in total. The zero-order chi connectivity index (χ0) is 6.69. The van der Waals surface area contributed by atoms with Crippen molar-refractivity contribution < 1.29 is 0 Å². The Labute approximate surface area is 55.5 Å². The first-order valence-corrected chi connectivity index (χ1v) is 3.00. The number of rotatable bonds is 2. The number of aromatic nitrogens is 1. The van der Waals surface area contributed by atoms with Gasteiger partial charge in [-0.25, -0.2) is 0 Å². The maximum Gasteiger partial charge on any atom is 0.00239 e. The third kappa shape index (κ3) is 1.90. The Morgan fingerprint density at radius 2 is 2.33 bits per heavy atom. The molecule has 0 atom stereocenters. The summed E-state index contributed by atoms with van der Waals surface area (Å²) in [5, 5.41) is 0. The van der Waals surface area contributed by atoms with Gasteiger partial charge in [0.1, 0.15) is 0 Å². The van der Waals surface area contributed by atoms with E-state index in [1.165, 1.54) is 0 Å². The molecule has 9 heavy (non-hydrogen) atoms. The van der Waals surface area contributed by atoms with Gasteiger partial charge in [0.25, 0.3) is 0 Å². The normalized spacial score (nSPS) is 10.6. The van der Waals surface area contributed by atoms with Gasteiger partial charge >= 0.3 is 0 Å². The highest BCUT2D eigenvalue weighted by atomic mass is 15.1. The first kappa shape index (κ1) is 6.36. The summed E-state index contributed by atoms with van der Waals surface area (Å²) in [6, 6.07) is 3.98. The molecule has 0 spiro atoms. The molecule has 0 aliphatic carbocycles. The van der Waals surface area contributed by atoms with Crippen molar-refractivity contribution in [2.45, 2.75) is 6.54 Å². The predicted octanol–water partition coefficient (Wildman–Crippen LogP) is 0.705. The number of nitrogens with zero attached hydrogens (tertiary/aromatic N) is 2. The minimum atomic E-state index is 0.938. The molecule has 2 nitrogen and oxygen atoms in total. The Morgan fingerprint density at radius 3 is 2.78 bits per heavy atom. The molecule has 2 heteroatoms. The molecule has 1 heterocycles. The lowest BCUT2D eigenvalue weighted by Crippen LogP contribution is -2.10. The summed E-state index contributed by atoms with van der Waals surface area (Å²) >= 11 is 0. The highest BCUT2D eigenvalue weighted by molar-refractivity contribution is 5.02. The average molecular weight is 123 g/mol. The van der Waals surface area contributed by atoms with Crippen LogP contribution in [0.2, 0.25) is 0 Å². The summed E-state index contributed by atoms with van der Waals surface area (Å²) in [6.45, 7) is 0.938. The van der Waals surface area contributed by atoms with E-state index in [9.17, 15) is 0 Å². The fraction of sp³-hybridized carbons (Fsp3) is 0.429. The smallest absolute Gasteiger partial charge is 0.00239 e. The summed E-state index contributed by atoms with van der Waals surface area (Å²) in [5.41, 5.74) is 1.14. The van der Waals surface area contributed by atoms with Gasteiger partial charge in [-0.2, -0.15) is 6.20 Å². The molecule has 0 aromatic carbocycles. The Bertz CT molecular complexity index is 153. The summed E-state index contributed by atoms with van der Waals surface area (Å²) in [7, 11) is 4.07. The van der Waals surface area contributed by atoms with Crippen LogP contribution in [0.5, 0.6) is 0 Å². The van der Waals surface area contributed by atoms with Crippen LogP contribution in [0.25, 0.3) is 0 Å². The summed E-state index contributed by atoms with van der Waals surface area (Å²) < 4.78 is 0. The highest BCUT2D eigenvalue weighted by Crippen LogP contribution is 1.94. The second-order valence-corrected chi connectivity index (χ2v) is 2.37. The third-order valence-corrected chi connectivity index (χ3v) is 1.09. The minimum absolute atomic E-state index is 0.938. The maximum atomic E-state index is 4.11. The quantitative estimate of drug-likeness (QED) is 0.576. The van der Waals surface area contributed by atoms with E-state index in [1.54, 1.807) is 0 Å². The second-order valence-electron chi connectivity index (χ2n) is 2.37. The van der Waals surface area contributed by atoms with Crippen LogP contribution in [0, 0.1) is 0 Å². The lowest BCUT2D eigenvalue weighted by molar-refractivity contribution is 0.397. The monoisotopic (exact) mass is 123 g/mol. The number of hydrogen-bond acceptors (Lipinski definition) is 1. The highest BCUT2D eigenvalue weighted by Gasteiger charge is 1.84. The molecule has 0 saturated heterocycles. The molecule has 0 aliphatic rings. The van der Waals surface area contributed by atoms with Crippen molar-refractivity contribution in [2.24, 2.45) is 0 Å². The van der Waals surface area contributed by atoms with Crippen LogP contribution in [0.4, 0.5) is 0 Å². The molecule has 0 aliphatic heterocycles. The van der Waals surface area contributed by atoms with Gasteiger partial charge in [-0.3, -0.25) is 0 Å². The van der Waals surface area contributed by atoms with Crippen molar-refractivity contribution in [1.29, 1.82) is 0 Å². The van der Waals surface area contributed by atoms with Gasteiger partial charge in [-0.05, 0) is 14.1 Å². The SMILES string of the molecule is CN(C)Cc1ccc[n-]1. The van der Waals surface area contributed by atoms with Gasteiger partial charge in [-0.1, -0.05) is 12.1 Å². The molecule has 1 aromatic heterocycles. The Balaban J connectivity index is 2.48. The average Bonchev–Trinajstić information content (AvgIpc) is 2.15. The van der Waals surface area contributed by atoms with E-state index >= 15 is 0 Å². The van der Waals surface area contributed by atoms with Gasteiger partial charge in [0.15, 0.2) is 0 Å². The zero-order valence-electron chi connectivity index (χ0n) is 5.83. The summed E-state index contributed by atoms with van der Waals surface area (Å²) in [5.74, 6) is 0. The largest absolute Gasteiger partial charge is 0.667 e. The molecule has 0 unspecified atom stereocenters. The van der Waals surface area contributed by atoms with E-state index in [1.807, 2.05) is 32.4 Å². The molecule has 0 saturated carbocycles. The van der Waals surface area contributed by atoms with Crippen LogP contribution in [0.15, 0.2) is 18.3 Å². The molecular formula is C7H11N2-. The predicted molar refractivity (Wildman–Crippen MR) is 37.2 cm³/mol. The van der Waals surface area contributed by atoms with E-state index in [-0.39, 0.29) is 0 Å². The number of hydrogen-bond donors (Lipinski definition) is 0. The minimum Gasteiger partial charge on any atom is -0.667 e. The lowest BCUT2D eigenvalue weighted by atomic mass is 10.4. The molecule has 0 bridgehead atoms. The molecule has 50 valence electrons. The van der Waals surface area contributed by atoms with E-state index < -0.39 is 0 Å².